The van der Waals surface area contributed by atoms with Crippen molar-refractivity contribution in [1.82, 2.24) is 0 Å². The minimum absolute atomic E-state index is 0.107. The van der Waals surface area contributed by atoms with Crippen LogP contribution in [-0.2, 0) is 65.4 Å². The number of phosphoric ester groups is 2. The third-order valence-corrected chi connectivity index (χ3v) is 20.0. The minimum atomic E-state index is -4.96. The molecule has 0 rings (SSSR count). The van der Waals surface area contributed by atoms with Crippen LogP contribution in [0.15, 0.2) is 0 Å². The van der Waals surface area contributed by atoms with Crippen molar-refractivity contribution in [3.05, 3.63) is 0 Å². The topological polar surface area (TPSA) is 237 Å². The van der Waals surface area contributed by atoms with E-state index < -0.39 is 97.5 Å². The van der Waals surface area contributed by atoms with Crippen molar-refractivity contribution in [2.45, 2.75) is 413 Å². The first-order chi connectivity index (χ1) is 45.9. The average Bonchev–Trinajstić information content (AvgIpc) is 1.54. The molecule has 0 aromatic rings. The van der Waals surface area contributed by atoms with Crippen LogP contribution in [-0.4, -0.2) is 96.7 Å². The Kier molecular flexibility index (Phi) is 66.5. The monoisotopic (exact) mass is 1400 g/mol. The van der Waals surface area contributed by atoms with Gasteiger partial charge in [-0.1, -0.05) is 343 Å². The van der Waals surface area contributed by atoms with Gasteiger partial charge in [-0.05, 0) is 37.5 Å². The molecule has 0 bridgehead atoms. The standard InChI is InChI=1S/C76H148O17P2/c1-7-10-12-14-16-18-20-22-26-30-33-40-46-52-58-73(78)86-64-71(92-76(81)61-55-49-43-35-31-27-24-23-25-28-32-39-45-51-57-69(6)9-3)66-90-94(82,83)88-62-70(77)63-89-95(84,85)91-67-72(65-87-74(79)59-53-47-41-37-36-38-44-50-56-68(4)5)93-75(80)60-54-48-42-34-29-21-19-17-15-13-11-8-2/h68-72,77H,7-67H2,1-6H3,(H,82,83)(H,84,85)/t69?,70-,71-,72-/m1/s1. The molecular weight excluding hydrogens is 1250 g/mol. The summed E-state index contributed by atoms with van der Waals surface area (Å²) >= 11 is 0. The zero-order valence-electron chi connectivity index (χ0n) is 62.0. The van der Waals surface area contributed by atoms with Crippen LogP contribution in [0.2, 0.25) is 0 Å². The summed E-state index contributed by atoms with van der Waals surface area (Å²) in [4.78, 5) is 72.8. The second-order valence-corrected chi connectivity index (χ2v) is 31.0. The molecule has 0 saturated carbocycles. The highest BCUT2D eigenvalue weighted by molar-refractivity contribution is 7.47. The second kappa shape index (κ2) is 67.9. The number of aliphatic hydroxyl groups excluding tert-OH is 1. The summed E-state index contributed by atoms with van der Waals surface area (Å²) in [5.41, 5.74) is 0. The fraction of sp³-hybridized carbons (Fsp3) is 0.947. The molecule has 0 spiro atoms. The summed E-state index contributed by atoms with van der Waals surface area (Å²) in [5.74, 6) is -0.541. The smallest absolute Gasteiger partial charge is 0.462 e. The van der Waals surface area contributed by atoms with E-state index in [9.17, 15) is 43.2 Å². The molecule has 3 N–H and O–H groups in total. The van der Waals surface area contributed by atoms with Crippen molar-refractivity contribution >= 4 is 39.5 Å². The Bertz CT molecular complexity index is 1840. The lowest BCUT2D eigenvalue weighted by molar-refractivity contribution is -0.161. The van der Waals surface area contributed by atoms with Gasteiger partial charge in [0.1, 0.15) is 19.3 Å². The molecule has 0 aliphatic carbocycles. The van der Waals surface area contributed by atoms with Crippen molar-refractivity contribution in [3.8, 4) is 0 Å². The fourth-order valence-corrected chi connectivity index (χ4v) is 13.2. The third kappa shape index (κ3) is 69.0. The van der Waals surface area contributed by atoms with Gasteiger partial charge in [0.05, 0.1) is 26.4 Å². The molecule has 0 aliphatic rings. The van der Waals surface area contributed by atoms with Gasteiger partial charge in [-0.2, -0.15) is 0 Å². The maximum Gasteiger partial charge on any atom is 0.472 e. The molecule has 564 valence electrons. The number of ether oxygens (including phenoxy) is 4. The van der Waals surface area contributed by atoms with E-state index in [1.54, 1.807) is 0 Å². The summed E-state index contributed by atoms with van der Waals surface area (Å²) in [6.45, 7) is 9.62. The van der Waals surface area contributed by atoms with E-state index >= 15 is 0 Å². The van der Waals surface area contributed by atoms with Crippen LogP contribution in [0.5, 0.6) is 0 Å². The Labute approximate surface area is 581 Å². The fourth-order valence-electron chi connectivity index (χ4n) is 11.6. The molecule has 0 radical (unpaired) electrons. The van der Waals surface area contributed by atoms with Crippen LogP contribution < -0.4 is 0 Å². The normalized spacial score (nSPS) is 14.3. The van der Waals surface area contributed by atoms with Crippen LogP contribution in [0.1, 0.15) is 395 Å². The first-order valence-electron chi connectivity index (χ1n) is 39.5. The highest BCUT2D eigenvalue weighted by atomic mass is 31.2. The van der Waals surface area contributed by atoms with E-state index in [0.717, 1.165) is 102 Å². The van der Waals surface area contributed by atoms with Crippen LogP contribution in [0, 0.1) is 11.8 Å². The number of aliphatic hydroxyl groups is 1. The average molecular weight is 1400 g/mol. The number of rotatable bonds is 75. The number of unbranched alkanes of at least 4 members (excludes halogenated alkanes) is 44. The van der Waals surface area contributed by atoms with Crippen LogP contribution in [0.3, 0.4) is 0 Å². The van der Waals surface area contributed by atoms with Crippen LogP contribution >= 0.6 is 15.6 Å². The molecule has 19 heteroatoms. The molecule has 17 nitrogen and oxygen atoms in total. The van der Waals surface area contributed by atoms with Gasteiger partial charge in [-0.15, -0.1) is 0 Å². The van der Waals surface area contributed by atoms with Gasteiger partial charge >= 0.3 is 39.5 Å². The maximum absolute atomic E-state index is 13.1. The van der Waals surface area contributed by atoms with Crippen molar-refractivity contribution in [1.29, 1.82) is 0 Å². The molecule has 6 atom stereocenters. The van der Waals surface area contributed by atoms with Gasteiger partial charge in [-0.3, -0.25) is 37.3 Å². The Morgan fingerprint density at radius 2 is 0.537 bits per heavy atom. The van der Waals surface area contributed by atoms with Gasteiger partial charge in [0, 0.05) is 25.7 Å². The highest BCUT2D eigenvalue weighted by Gasteiger charge is 2.30. The van der Waals surface area contributed by atoms with E-state index in [2.05, 4.69) is 41.5 Å². The molecule has 0 fully saturated rings. The molecule has 0 aromatic carbocycles. The number of hydrogen-bond donors (Lipinski definition) is 3. The summed E-state index contributed by atoms with van der Waals surface area (Å²) in [6.07, 6.45) is 55.3. The van der Waals surface area contributed by atoms with E-state index in [-0.39, 0.29) is 25.7 Å². The Hall–Kier alpha value is -1.94. The number of carbonyl (C=O) groups excluding carboxylic acids is 4. The SMILES string of the molecule is CCCCCCCCCCCCCCCCC(=O)OC[C@H](COP(=O)(O)OC[C@@H](O)COP(=O)(O)OC[C@@H](COC(=O)CCCCCCCCCCC(C)C)OC(=O)CCCCCCCCCCCCCC)OC(=O)CCCCCCCCCCCCCCCCC(C)CC. The molecular formula is C76H148O17P2. The van der Waals surface area contributed by atoms with E-state index in [1.165, 1.54) is 212 Å². The summed E-state index contributed by atoms with van der Waals surface area (Å²) < 4.78 is 68.5. The summed E-state index contributed by atoms with van der Waals surface area (Å²) in [6, 6.07) is 0. The van der Waals surface area contributed by atoms with Gasteiger partial charge in [-0.25, -0.2) is 9.13 Å². The molecule has 3 unspecified atom stereocenters. The largest absolute Gasteiger partial charge is 0.472 e. The Balaban J connectivity index is 5.25. The first-order valence-corrected chi connectivity index (χ1v) is 42.5. The number of phosphoric acid groups is 2. The van der Waals surface area contributed by atoms with Crippen molar-refractivity contribution in [3.63, 3.8) is 0 Å². The van der Waals surface area contributed by atoms with Crippen LogP contribution in [0.4, 0.5) is 0 Å². The van der Waals surface area contributed by atoms with Crippen LogP contribution in [0.25, 0.3) is 0 Å². The van der Waals surface area contributed by atoms with E-state index in [1.807, 2.05) is 0 Å². The summed E-state index contributed by atoms with van der Waals surface area (Å²) in [5, 5.41) is 10.6. The lowest BCUT2D eigenvalue weighted by Crippen LogP contribution is -2.30. The molecule has 0 amide bonds. The van der Waals surface area contributed by atoms with Gasteiger partial charge < -0.3 is 33.8 Å². The molecule has 0 heterocycles. The number of carbonyl (C=O) groups is 4. The predicted molar refractivity (Wildman–Crippen MR) is 386 cm³/mol. The zero-order chi connectivity index (χ0) is 70.0. The van der Waals surface area contributed by atoms with Gasteiger partial charge in [0.25, 0.3) is 0 Å². The summed E-state index contributed by atoms with van der Waals surface area (Å²) in [7, 11) is -9.91. The van der Waals surface area contributed by atoms with E-state index in [4.69, 9.17) is 37.0 Å². The van der Waals surface area contributed by atoms with Crippen molar-refractivity contribution in [2.24, 2.45) is 11.8 Å². The lowest BCUT2D eigenvalue weighted by atomic mass is 9.99. The van der Waals surface area contributed by atoms with E-state index in [0.29, 0.717) is 25.7 Å². The van der Waals surface area contributed by atoms with Crippen molar-refractivity contribution in [2.75, 3.05) is 39.6 Å². The number of hydrogen-bond acceptors (Lipinski definition) is 15. The van der Waals surface area contributed by atoms with Gasteiger partial charge in [0.15, 0.2) is 12.2 Å². The zero-order valence-corrected chi connectivity index (χ0v) is 63.8. The lowest BCUT2D eigenvalue weighted by Gasteiger charge is -2.21. The number of esters is 4. The molecule has 0 saturated heterocycles. The minimum Gasteiger partial charge on any atom is -0.462 e. The maximum atomic E-state index is 13.1. The molecule has 0 aliphatic heterocycles. The first kappa shape index (κ1) is 93.1. The quantitative estimate of drug-likeness (QED) is 0.0222. The third-order valence-electron chi connectivity index (χ3n) is 18.1. The van der Waals surface area contributed by atoms with Crippen molar-refractivity contribution < 1.29 is 80.2 Å². The molecule has 0 aromatic heterocycles. The van der Waals surface area contributed by atoms with Gasteiger partial charge in [0.2, 0.25) is 0 Å². The Morgan fingerprint density at radius 1 is 0.305 bits per heavy atom. The Morgan fingerprint density at radius 3 is 0.800 bits per heavy atom. The molecule has 95 heavy (non-hydrogen) atoms. The second-order valence-electron chi connectivity index (χ2n) is 28.1. The highest BCUT2D eigenvalue weighted by Crippen LogP contribution is 2.45. The predicted octanol–water partition coefficient (Wildman–Crippen LogP) is 22.3.